The molecular formula is C34H28N4O7. The number of fused-ring (bicyclic) bond motifs is 3. The summed E-state index contributed by atoms with van der Waals surface area (Å²) in [7, 11) is 0. The standard InChI is InChI=1S/C34H28N4O7/c39-30-19-21(17-18-35-34(43)44-20-28-26-7-3-1-5-24(26)25-6-2-4-8-27(25)28)9-14-29(30)37-36-23-12-10-22(11-13-23)33(42)45-38-31(40)15-16-32(38)41/h1-14,19,28,39H,15-18,20H2,(H,35,43)/b37-36+. The lowest BCUT2D eigenvalue weighted by molar-refractivity contribution is -0.172. The molecule has 3 amide bonds. The van der Waals surface area contributed by atoms with Gasteiger partial charge in [-0.05, 0) is 70.6 Å². The summed E-state index contributed by atoms with van der Waals surface area (Å²) in [5, 5.41) is 21.9. The monoisotopic (exact) mass is 604 g/mol. The minimum absolute atomic E-state index is 0.0114. The Kier molecular flexibility index (Phi) is 8.32. The van der Waals surface area contributed by atoms with Crippen molar-refractivity contribution in [3.05, 3.63) is 113 Å². The molecule has 4 aromatic rings. The van der Waals surface area contributed by atoms with Crippen LogP contribution < -0.4 is 5.32 Å². The number of ether oxygens (including phenoxy) is 1. The molecule has 0 radical (unpaired) electrons. The molecule has 0 aromatic heterocycles. The van der Waals surface area contributed by atoms with E-state index >= 15 is 0 Å². The largest absolute Gasteiger partial charge is 0.506 e. The van der Waals surface area contributed by atoms with Gasteiger partial charge in [0.05, 0.1) is 11.3 Å². The number of hydrogen-bond donors (Lipinski definition) is 2. The maximum atomic E-state index is 12.5. The number of nitrogens with one attached hydrogen (secondary N) is 1. The van der Waals surface area contributed by atoms with Gasteiger partial charge in [-0.1, -0.05) is 54.6 Å². The highest BCUT2D eigenvalue weighted by Gasteiger charge is 2.33. The predicted octanol–water partition coefficient (Wildman–Crippen LogP) is 6.11. The van der Waals surface area contributed by atoms with Crippen LogP contribution in [0.4, 0.5) is 16.2 Å². The number of phenols is 1. The third-order valence-electron chi connectivity index (χ3n) is 7.62. The first-order chi connectivity index (χ1) is 21.9. The van der Waals surface area contributed by atoms with E-state index in [2.05, 4.69) is 39.8 Å². The number of amides is 3. The zero-order chi connectivity index (χ0) is 31.3. The SMILES string of the molecule is O=C(NCCc1ccc(/N=N/c2ccc(C(=O)ON3C(=O)CCC3=O)cc2)c(O)c1)OCC1c2ccccc2-c2ccccc21. The molecular weight excluding hydrogens is 576 g/mol. The Morgan fingerprint density at radius 1 is 0.844 bits per heavy atom. The second kappa shape index (κ2) is 12.8. The van der Waals surface area contributed by atoms with Crippen LogP contribution in [0.2, 0.25) is 0 Å². The van der Waals surface area contributed by atoms with Crippen molar-refractivity contribution in [3.63, 3.8) is 0 Å². The van der Waals surface area contributed by atoms with Crippen LogP contribution in [-0.4, -0.2) is 47.2 Å². The minimum Gasteiger partial charge on any atom is -0.506 e. The van der Waals surface area contributed by atoms with Gasteiger partial charge in [0.15, 0.2) is 0 Å². The molecule has 0 atom stereocenters. The maximum absolute atomic E-state index is 12.5. The summed E-state index contributed by atoms with van der Waals surface area (Å²) in [6.07, 6.45) is -0.0280. The van der Waals surface area contributed by atoms with Crippen LogP contribution in [-0.2, 0) is 25.6 Å². The highest BCUT2D eigenvalue weighted by atomic mass is 16.7. The van der Waals surface area contributed by atoms with E-state index in [-0.39, 0.29) is 42.4 Å². The molecule has 1 saturated heterocycles. The summed E-state index contributed by atoms with van der Waals surface area (Å²) < 4.78 is 5.57. The summed E-state index contributed by atoms with van der Waals surface area (Å²) in [5.41, 5.74) is 6.16. The Morgan fingerprint density at radius 3 is 2.13 bits per heavy atom. The summed E-state index contributed by atoms with van der Waals surface area (Å²) in [6.45, 7) is 0.541. The normalized spacial score (nSPS) is 14.0. The second-order valence-corrected chi connectivity index (χ2v) is 10.5. The lowest BCUT2D eigenvalue weighted by Gasteiger charge is -2.14. The number of benzene rings is 4. The fourth-order valence-corrected chi connectivity index (χ4v) is 5.34. The molecule has 2 aliphatic rings. The molecule has 1 heterocycles. The van der Waals surface area contributed by atoms with Crippen molar-refractivity contribution < 1.29 is 33.9 Å². The van der Waals surface area contributed by atoms with Crippen molar-refractivity contribution in [2.45, 2.75) is 25.2 Å². The van der Waals surface area contributed by atoms with Gasteiger partial charge in [-0.25, -0.2) is 9.59 Å². The van der Waals surface area contributed by atoms with Crippen LogP contribution in [0.1, 0.15) is 45.8 Å². The van der Waals surface area contributed by atoms with Gasteiger partial charge in [0, 0.05) is 25.3 Å². The van der Waals surface area contributed by atoms with Gasteiger partial charge >= 0.3 is 12.1 Å². The Balaban J connectivity index is 0.974. The van der Waals surface area contributed by atoms with Gasteiger partial charge in [0.2, 0.25) is 0 Å². The molecule has 45 heavy (non-hydrogen) atoms. The van der Waals surface area contributed by atoms with Crippen LogP contribution >= 0.6 is 0 Å². The average Bonchev–Trinajstić information content (AvgIpc) is 3.55. The molecule has 1 aliphatic carbocycles. The molecule has 6 rings (SSSR count). The first-order valence-electron chi connectivity index (χ1n) is 14.4. The second-order valence-electron chi connectivity index (χ2n) is 10.5. The number of rotatable bonds is 9. The van der Waals surface area contributed by atoms with Crippen LogP contribution in [0.15, 0.2) is 101 Å². The number of nitrogens with zero attached hydrogens (tertiary/aromatic N) is 3. The maximum Gasteiger partial charge on any atom is 0.407 e. The van der Waals surface area contributed by atoms with Gasteiger partial charge < -0.3 is 20.0 Å². The smallest absolute Gasteiger partial charge is 0.407 e. The van der Waals surface area contributed by atoms with Crippen molar-refractivity contribution in [1.29, 1.82) is 0 Å². The van der Waals surface area contributed by atoms with E-state index in [1.165, 1.54) is 24.3 Å². The minimum atomic E-state index is -0.844. The molecule has 11 nitrogen and oxygen atoms in total. The first-order valence-corrected chi connectivity index (χ1v) is 14.4. The molecule has 0 spiro atoms. The third kappa shape index (κ3) is 6.42. The molecule has 4 aromatic carbocycles. The zero-order valence-corrected chi connectivity index (χ0v) is 24.0. The number of aromatic hydroxyl groups is 1. The molecule has 1 aliphatic heterocycles. The van der Waals surface area contributed by atoms with Crippen molar-refractivity contribution in [2.75, 3.05) is 13.2 Å². The Labute approximate surface area is 258 Å². The molecule has 0 bridgehead atoms. The number of hydrogen-bond acceptors (Lipinski definition) is 9. The molecule has 226 valence electrons. The van der Waals surface area contributed by atoms with E-state index in [0.29, 0.717) is 23.7 Å². The van der Waals surface area contributed by atoms with E-state index in [0.717, 1.165) is 27.8 Å². The van der Waals surface area contributed by atoms with Crippen molar-refractivity contribution >= 4 is 35.3 Å². The Morgan fingerprint density at radius 2 is 1.49 bits per heavy atom. The fraction of sp³-hybridized carbons (Fsp3) is 0.176. The number of carbonyl (C=O) groups excluding carboxylic acids is 4. The Bertz CT molecular complexity index is 1760. The van der Waals surface area contributed by atoms with Gasteiger partial charge in [0.25, 0.3) is 11.8 Å². The van der Waals surface area contributed by atoms with Crippen LogP contribution in [0.5, 0.6) is 5.75 Å². The van der Waals surface area contributed by atoms with Gasteiger partial charge in [-0.15, -0.1) is 10.2 Å². The summed E-state index contributed by atoms with van der Waals surface area (Å²) in [4.78, 5) is 52.9. The van der Waals surface area contributed by atoms with E-state index in [1.54, 1.807) is 18.2 Å². The van der Waals surface area contributed by atoms with Gasteiger partial charge in [-0.3, -0.25) is 9.59 Å². The number of carbonyl (C=O) groups is 4. The zero-order valence-electron chi connectivity index (χ0n) is 24.0. The van der Waals surface area contributed by atoms with Crippen LogP contribution in [0, 0.1) is 0 Å². The van der Waals surface area contributed by atoms with Gasteiger partial charge in [-0.2, -0.15) is 5.11 Å². The average molecular weight is 605 g/mol. The van der Waals surface area contributed by atoms with Crippen LogP contribution in [0.3, 0.4) is 0 Å². The molecule has 11 heteroatoms. The predicted molar refractivity (Wildman–Crippen MR) is 162 cm³/mol. The third-order valence-corrected chi connectivity index (χ3v) is 7.62. The quantitative estimate of drug-likeness (QED) is 0.173. The summed E-state index contributed by atoms with van der Waals surface area (Å²) >= 11 is 0. The number of phenolic OH excluding ortho intramolecular Hbond substituents is 1. The molecule has 1 fully saturated rings. The lowest BCUT2D eigenvalue weighted by Crippen LogP contribution is -2.32. The van der Waals surface area contributed by atoms with E-state index in [1.807, 2.05) is 24.3 Å². The highest BCUT2D eigenvalue weighted by molar-refractivity contribution is 6.02. The number of hydroxylamine groups is 2. The number of alkyl carbamates (subject to hydrolysis) is 1. The van der Waals surface area contributed by atoms with Crippen molar-refractivity contribution in [2.24, 2.45) is 10.2 Å². The van der Waals surface area contributed by atoms with E-state index < -0.39 is 23.9 Å². The molecule has 0 unspecified atom stereocenters. The number of imide groups is 1. The lowest BCUT2D eigenvalue weighted by atomic mass is 9.98. The van der Waals surface area contributed by atoms with E-state index in [4.69, 9.17) is 9.57 Å². The topological polar surface area (TPSA) is 147 Å². The molecule has 2 N–H and O–H groups in total. The number of azo groups is 1. The Hall–Kier alpha value is -5.84. The van der Waals surface area contributed by atoms with Crippen molar-refractivity contribution in [3.8, 4) is 16.9 Å². The van der Waals surface area contributed by atoms with Gasteiger partial charge in [0.1, 0.15) is 18.0 Å². The first kappa shape index (κ1) is 29.2. The summed E-state index contributed by atoms with van der Waals surface area (Å²) in [5.74, 6) is -2.07. The van der Waals surface area contributed by atoms with Crippen LogP contribution in [0.25, 0.3) is 11.1 Å². The molecule has 0 saturated carbocycles. The van der Waals surface area contributed by atoms with E-state index in [9.17, 15) is 24.3 Å². The fourth-order valence-electron chi connectivity index (χ4n) is 5.34. The summed E-state index contributed by atoms with van der Waals surface area (Å²) in [6, 6.07) is 27.1. The van der Waals surface area contributed by atoms with Crippen molar-refractivity contribution in [1.82, 2.24) is 10.4 Å². The highest BCUT2D eigenvalue weighted by Crippen LogP contribution is 2.44.